The fraction of sp³-hybridized carbons (Fsp3) is 0.222. The van der Waals surface area contributed by atoms with E-state index in [1.54, 1.807) is 0 Å². The number of hydrogen-bond acceptors (Lipinski definition) is 3. The molecule has 110 valence electrons. The number of nitrogens with one attached hydrogen (secondary N) is 1. The van der Waals surface area contributed by atoms with E-state index in [1.807, 2.05) is 0 Å². The van der Waals surface area contributed by atoms with E-state index >= 15 is 0 Å². The normalized spacial score (nSPS) is 14.0. The smallest absolute Gasteiger partial charge is 0.404 e. The van der Waals surface area contributed by atoms with Crippen LogP contribution in [0, 0.1) is 5.41 Å². The standard InChI is InChI=1S/C9H7F6N5/c10-8(11,12)5(1-16)2-18-7(17)20-4-6(3-19-20)9(13,14)15/h1-4,17H,16H2/b5-1+,17-7?,18-2+. The van der Waals surface area contributed by atoms with Gasteiger partial charge in [-0.15, -0.1) is 0 Å². The minimum atomic E-state index is -4.78. The van der Waals surface area contributed by atoms with Crippen molar-refractivity contribution >= 4 is 12.2 Å². The highest BCUT2D eigenvalue weighted by Crippen LogP contribution is 2.28. The summed E-state index contributed by atoms with van der Waals surface area (Å²) in [6.45, 7) is 0. The Hall–Kier alpha value is -2.33. The summed E-state index contributed by atoms with van der Waals surface area (Å²) >= 11 is 0. The third kappa shape index (κ3) is 3.83. The van der Waals surface area contributed by atoms with Gasteiger partial charge in [0.2, 0.25) is 5.96 Å². The van der Waals surface area contributed by atoms with E-state index in [1.165, 1.54) is 0 Å². The molecule has 0 aliphatic carbocycles. The number of alkyl halides is 6. The molecule has 5 nitrogen and oxygen atoms in total. The van der Waals surface area contributed by atoms with Crippen molar-refractivity contribution in [1.82, 2.24) is 9.78 Å². The molecule has 0 bridgehead atoms. The zero-order valence-electron chi connectivity index (χ0n) is 9.50. The summed E-state index contributed by atoms with van der Waals surface area (Å²) in [5.74, 6) is -0.927. The third-order valence-electron chi connectivity index (χ3n) is 1.96. The van der Waals surface area contributed by atoms with Crippen molar-refractivity contribution in [3.05, 3.63) is 29.7 Å². The first-order valence-corrected chi connectivity index (χ1v) is 4.79. The SMILES string of the molecule is N=C(/N=C/C(=C\N)C(F)(F)F)n1cc(C(F)(F)F)cn1. The first-order chi connectivity index (χ1) is 9.05. The monoisotopic (exact) mass is 299 g/mol. The van der Waals surface area contributed by atoms with Gasteiger partial charge in [0.25, 0.3) is 0 Å². The maximum Gasteiger partial charge on any atom is 0.419 e. The summed E-state index contributed by atoms with van der Waals surface area (Å²) in [5.41, 5.74) is 2.24. The molecule has 0 radical (unpaired) electrons. The van der Waals surface area contributed by atoms with Crippen LogP contribution in [-0.2, 0) is 6.18 Å². The van der Waals surface area contributed by atoms with Crippen molar-refractivity contribution in [2.75, 3.05) is 0 Å². The molecule has 0 saturated heterocycles. The molecule has 1 aromatic heterocycles. The summed E-state index contributed by atoms with van der Waals surface area (Å²) in [4.78, 5) is 3.05. The van der Waals surface area contributed by atoms with E-state index in [0.717, 1.165) is 0 Å². The molecule has 0 atom stereocenters. The number of halogens is 6. The van der Waals surface area contributed by atoms with Crippen molar-refractivity contribution < 1.29 is 26.3 Å². The van der Waals surface area contributed by atoms with E-state index in [2.05, 4.69) is 10.1 Å². The lowest BCUT2D eigenvalue weighted by Crippen LogP contribution is -2.16. The van der Waals surface area contributed by atoms with Crippen LogP contribution in [0.1, 0.15) is 5.56 Å². The Bertz CT molecular complexity index is 550. The van der Waals surface area contributed by atoms with E-state index < -0.39 is 29.4 Å². The van der Waals surface area contributed by atoms with Crippen molar-refractivity contribution in [1.29, 1.82) is 5.41 Å². The van der Waals surface area contributed by atoms with Crippen molar-refractivity contribution in [3.63, 3.8) is 0 Å². The van der Waals surface area contributed by atoms with Gasteiger partial charge in [-0.25, -0.2) is 9.67 Å². The highest BCUT2D eigenvalue weighted by Gasteiger charge is 2.33. The topological polar surface area (TPSA) is 80.0 Å². The molecule has 1 heterocycles. The molecular weight excluding hydrogens is 292 g/mol. The molecule has 0 saturated carbocycles. The number of rotatable bonds is 1. The molecule has 1 aromatic rings. The van der Waals surface area contributed by atoms with E-state index in [4.69, 9.17) is 11.1 Å². The van der Waals surface area contributed by atoms with Crippen LogP contribution < -0.4 is 5.73 Å². The summed E-state index contributed by atoms with van der Waals surface area (Å²) in [6.07, 6.45) is -8.15. The first kappa shape index (κ1) is 15.7. The second-order valence-corrected chi connectivity index (χ2v) is 3.37. The molecule has 0 fully saturated rings. The molecule has 20 heavy (non-hydrogen) atoms. The Morgan fingerprint density at radius 1 is 1.30 bits per heavy atom. The summed E-state index contributed by atoms with van der Waals surface area (Å²) < 4.78 is 73.9. The first-order valence-electron chi connectivity index (χ1n) is 4.79. The number of allylic oxidation sites excluding steroid dienone is 1. The zero-order chi connectivity index (χ0) is 15.6. The Morgan fingerprint density at radius 3 is 2.30 bits per heavy atom. The van der Waals surface area contributed by atoms with E-state index in [-0.39, 0.29) is 12.4 Å². The molecule has 0 aromatic carbocycles. The minimum Gasteiger partial charge on any atom is -0.404 e. The summed E-state index contributed by atoms with van der Waals surface area (Å²) in [6, 6.07) is 0. The van der Waals surface area contributed by atoms with Crippen LogP contribution in [0.4, 0.5) is 26.3 Å². The fourth-order valence-corrected chi connectivity index (χ4v) is 0.986. The van der Waals surface area contributed by atoms with Gasteiger partial charge in [-0.3, -0.25) is 5.41 Å². The van der Waals surface area contributed by atoms with Crippen LogP contribution in [-0.4, -0.2) is 28.1 Å². The average molecular weight is 299 g/mol. The lowest BCUT2D eigenvalue weighted by atomic mass is 10.3. The number of aromatic nitrogens is 2. The molecule has 11 heteroatoms. The lowest BCUT2D eigenvalue weighted by Gasteiger charge is -2.05. The Labute approximate surface area is 107 Å². The van der Waals surface area contributed by atoms with Gasteiger partial charge in [0, 0.05) is 18.6 Å². The van der Waals surface area contributed by atoms with Gasteiger partial charge >= 0.3 is 12.4 Å². The maximum absolute atomic E-state index is 12.3. The molecular formula is C9H7F6N5. The minimum absolute atomic E-state index is 0.220. The molecule has 0 aliphatic rings. The third-order valence-corrected chi connectivity index (χ3v) is 1.96. The van der Waals surface area contributed by atoms with Gasteiger partial charge in [0.1, 0.15) is 0 Å². The molecule has 3 N–H and O–H groups in total. The summed E-state index contributed by atoms with van der Waals surface area (Å²) in [5, 5.41) is 10.4. The Morgan fingerprint density at radius 2 is 1.90 bits per heavy atom. The van der Waals surface area contributed by atoms with Crippen LogP contribution in [0.15, 0.2) is 29.2 Å². The highest BCUT2D eigenvalue weighted by molar-refractivity contribution is 5.93. The van der Waals surface area contributed by atoms with E-state index in [0.29, 0.717) is 17.1 Å². The number of aliphatic imine (C=N–C) groups is 1. The second-order valence-electron chi connectivity index (χ2n) is 3.37. The predicted octanol–water partition coefficient (Wildman–Crippen LogP) is 2.16. The van der Waals surface area contributed by atoms with Crippen LogP contribution in [0.5, 0.6) is 0 Å². The highest BCUT2D eigenvalue weighted by atomic mass is 19.4. The van der Waals surface area contributed by atoms with Crippen LogP contribution in [0.25, 0.3) is 0 Å². The average Bonchev–Trinajstić information content (AvgIpc) is 2.76. The van der Waals surface area contributed by atoms with E-state index in [9.17, 15) is 26.3 Å². The maximum atomic E-state index is 12.3. The van der Waals surface area contributed by atoms with Crippen LogP contribution >= 0.6 is 0 Å². The van der Waals surface area contributed by atoms with Gasteiger partial charge in [0.05, 0.1) is 17.3 Å². The van der Waals surface area contributed by atoms with Gasteiger partial charge < -0.3 is 5.73 Å². The van der Waals surface area contributed by atoms with Crippen LogP contribution in [0.2, 0.25) is 0 Å². The molecule has 0 amide bonds. The van der Waals surface area contributed by atoms with Crippen molar-refractivity contribution in [3.8, 4) is 0 Å². The largest absolute Gasteiger partial charge is 0.419 e. The molecule has 1 rings (SSSR count). The quantitative estimate of drug-likeness (QED) is 0.473. The Kier molecular flexibility index (Phi) is 4.20. The van der Waals surface area contributed by atoms with Gasteiger partial charge in [0.15, 0.2) is 0 Å². The zero-order valence-corrected chi connectivity index (χ0v) is 9.50. The van der Waals surface area contributed by atoms with Gasteiger partial charge in [-0.1, -0.05) is 0 Å². The fourth-order valence-electron chi connectivity index (χ4n) is 0.986. The van der Waals surface area contributed by atoms with Crippen molar-refractivity contribution in [2.45, 2.75) is 12.4 Å². The molecule has 0 unspecified atom stereocenters. The Balaban J connectivity index is 2.90. The summed E-state index contributed by atoms with van der Waals surface area (Å²) in [7, 11) is 0. The predicted molar refractivity (Wildman–Crippen MR) is 57.2 cm³/mol. The molecule has 0 spiro atoms. The van der Waals surface area contributed by atoms with Gasteiger partial charge in [-0.05, 0) is 0 Å². The number of nitrogens with two attached hydrogens (primary N) is 1. The number of nitrogens with zero attached hydrogens (tertiary/aromatic N) is 3. The van der Waals surface area contributed by atoms with Crippen molar-refractivity contribution in [2.24, 2.45) is 10.7 Å². The number of hydrogen-bond donors (Lipinski definition) is 2. The van der Waals surface area contributed by atoms with Gasteiger partial charge in [-0.2, -0.15) is 31.4 Å². The molecule has 0 aliphatic heterocycles. The van der Waals surface area contributed by atoms with Crippen LogP contribution in [0.3, 0.4) is 0 Å². The lowest BCUT2D eigenvalue weighted by molar-refractivity contribution is -0.137. The second kappa shape index (κ2) is 5.35.